The molecule has 0 saturated heterocycles. The smallest absolute Gasteiger partial charge is 0.192 e. The lowest BCUT2D eigenvalue weighted by atomic mass is 10.0. The highest BCUT2D eigenvalue weighted by molar-refractivity contribution is 7.90. The number of sulfone groups is 1. The highest BCUT2D eigenvalue weighted by Gasteiger charge is 2.07. The third-order valence-electron chi connectivity index (χ3n) is 5.07. The van der Waals surface area contributed by atoms with Crippen LogP contribution in [0, 0.1) is 11.8 Å². The average Bonchev–Trinajstić information content (AvgIpc) is 2.76. The van der Waals surface area contributed by atoms with Crippen LogP contribution in [0.5, 0.6) is 0 Å². The quantitative estimate of drug-likeness (QED) is 0.498. The number of aromatic nitrogens is 1. The van der Waals surface area contributed by atoms with Gasteiger partial charge < -0.3 is 4.98 Å². The molecule has 1 N–H and O–H groups in total. The molecule has 5 heteroatoms. The first-order valence-electron chi connectivity index (χ1n) is 9.86. The van der Waals surface area contributed by atoms with Crippen LogP contribution >= 0.6 is 0 Å². The summed E-state index contributed by atoms with van der Waals surface area (Å²) in [4.78, 5) is 16.5. The van der Waals surface area contributed by atoms with Crippen LogP contribution in [0.4, 0.5) is 0 Å². The second-order valence-electron chi connectivity index (χ2n) is 7.46. The molecule has 0 saturated carbocycles. The largest absolute Gasteiger partial charge is 0.361 e. The number of H-pyrrole nitrogens is 1. The number of hydrogen-bond acceptors (Lipinski definition) is 3. The number of benzene rings is 3. The molecule has 0 unspecified atom stereocenters. The minimum Gasteiger partial charge on any atom is -0.361 e. The van der Waals surface area contributed by atoms with Gasteiger partial charge in [0.2, 0.25) is 0 Å². The zero-order valence-electron chi connectivity index (χ0n) is 17.1. The van der Waals surface area contributed by atoms with Crippen molar-refractivity contribution in [3.63, 3.8) is 0 Å². The third-order valence-corrected chi connectivity index (χ3v) is 6.20. The molecular weight excluding hydrogens is 406 g/mol. The van der Waals surface area contributed by atoms with E-state index in [0.29, 0.717) is 23.1 Å². The van der Waals surface area contributed by atoms with Crippen molar-refractivity contribution in [1.29, 1.82) is 0 Å². The van der Waals surface area contributed by atoms with Gasteiger partial charge in [0.15, 0.2) is 15.3 Å². The summed E-state index contributed by atoms with van der Waals surface area (Å²) in [5.41, 5.74) is 4.30. The molecule has 1 aromatic heterocycles. The molecule has 0 spiro atoms. The highest BCUT2D eigenvalue weighted by atomic mass is 32.2. The van der Waals surface area contributed by atoms with Crippen molar-refractivity contribution < 1.29 is 8.42 Å². The second-order valence-corrected chi connectivity index (χ2v) is 9.48. The number of fused-ring (bicyclic) bond motifs is 1. The molecule has 0 aliphatic carbocycles. The summed E-state index contributed by atoms with van der Waals surface area (Å²) in [6.45, 7) is 0. The highest BCUT2D eigenvalue weighted by Crippen LogP contribution is 2.14. The van der Waals surface area contributed by atoms with E-state index >= 15 is 0 Å². The Morgan fingerprint density at radius 2 is 1.65 bits per heavy atom. The van der Waals surface area contributed by atoms with Gasteiger partial charge in [0.25, 0.3) is 0 Å². The summed E-state index contributed by atoms with van der Waals surface area (Å²) in [7, 11) is -3.20. The van der Waals surface area contributed by atoms with Gasteiger partial charge in [0.05, 0.1) is 4.90 Å². The minimum absolute atomic E-state index is 0.0117. The van der Waals surface area contributed by atoms with Gasteiger partial charge in [-0.3, -0.25) is 4.79 Å². The number of nitrogens with one attached hydrogen (secondary N) is 1. The van der Waals surface area contributed by atoms with Gasteiger partial charge in [-0.1, -0.05) is 54.3 Å². The van der Waals surface area contributed by atoms with E-state index in [1.165, 1.54) is 6.26 Å². The first-order chi connectivity index (χ1) is 14.9. The Bertz CT molecular complexity index is 1460. The van der Waals surface area contributed by atoms with E-state index in [2.05, 4.69) is 16.8 Å². The Morgan fingerprint density at radius 3 is 2.35 bits per heavy atom. The van der Waals surface area contributed by atoms with Crippen LogP contribution < -0.4 is 5.43 Å². The number of aromatic amines is 1. The fourth-order valence-corrected chi connectivity index (χ4v) is 4.02. The number of hydrogen-bond donors (Lipinski definition) is 1. The maximum atomic E-state index is 13.0. The first kappa shape index (κ1) is 20.6. The van der Waals surface area contributed by atoms with E-state index in [9.17, 15) is 13.2 Å². The Labute approximate surface area is 181 Å². The van der Waals surface area contributed by atoms with Crippen LogP contribution in [0.15, 0.2) is 88.7 Å². The summed E-state index contributed by atoms with van der Waals surface area (Å²) in [6, 6.07) is 22.2. The topological polar surface area (TPSA) is 67.0 Å². The molecule has 3 aromatic carbocycles. The first-order valence-corrected chi connectivity index (χ1v) is 11.8. The standard InChI is InChI=1S/C26H21NO3S/c1-31(29,30)23-13-10-19(11-14-23)8-5-9-21-12-15-25-24(17-21)26(28)22(18-27-25)16-20-6-3-2-4-7-20/h2-4,6-7,10-15,17-18H,8,16H2,1H3,(H,27,28). The predicted molar refractivity (Wildman–Crippen MR) is 124 cm³/mol. The van der Waals surface area contributed by atoms with Crippen LogP contribution in [0.3, 0.4) is 0 Å². The summed E-state index contributed by atoms with van der Waals surface area (Å²) in [5.74, 6) is 6.21. The van der Waals surface area contributed by atoms with Crippen LogP contribution in [-0.4, -0.2) is 19.7 Å². The van der Waals surface area contributed by atoms with E-state index in [0.717, 1.165) is 27.8 Å². The van der Waals surface area contributed by atoms with Crippen molar-refractivity contribution >= 4 is 20.7 Å². The average molecular weight is 428 g/mol. The summed E-state index contributed by atoms with van der Waals surface area (Å²) < 4.78 is 23.1. The van der Waals surface area contributed by atoms with Gasteiger partial charge in [-0.25, -0.2) is 8.42 Å². The molecule has 0 aliphatic rings. The van der Waals surface area contributed by atoms with Gasteiger partial charge in [0, 0.05) is 47.3 Å². The Hall–Kier alpha value is -3.62. The predicted octanol–water partition coefficient (Wildman–Crippen LogP) is 4.12. The molecule has 1 heterocycles. The van der Waals surface area contributed by atoms with Gasteiger partial charge in [0.1, 0.15) is 0 Å². The zero-order valence-corrected chi connectivity index (χ0v) is 17.9. The number of pyridine rings is 1. The fourth-order valence-electron chi connectivity index (χ4n) is 3.39. The van der Waals surface area contributed by atoms with Crippen molar-refractivity contribution in [2.24, 2.45) is 0 Å². The van der Waals surface area contributed by atoms with E-state index in [4.69, 9.17) is 0 Å². The van der Waals surface area contributed by atoms with Crippen LogP contribution in [-0.2, 0) is 22.7 Å². The maximum absolute atomic E-state index is 13.0. The zero-order chi connectivity index (χ0) is 21.8. The van der Waals surface area contributed by atoms with Crippen molar-refractivity contribution in [3.8, 4) is 11.8 Å². The fraction of sp³-hybridized carbons (Fsp3) is 0.115. The van der Waals surface area contributed by atoms with E-state index in [1.54, 1.807) is 30.5 Å². The lowest BCUT2D eigenvalue weighted by Crippen LogP contribution is -2.10. The van der Waals surface area contributed by atoms with Crippen LogP contribution in [0.1, 0.15) is 22.3 Å². The normalized spacial score (nSPS) is 11.1. The number of rotatable bonds is 4. The molecule has 4 aromatic rings. The van der Waals surface area contributed by atoms with Gasteiger partial charge >= 0.3 is 0 Å². The van der Waals surface area contributed by atoms with Gasteiger partial charge in [-0.2, -0.15) is 0 Å². The van der Waals surface area contributed by atoms with Crippen molar-refractivity contribution in [2.45, 2.75) is 17.7 Å². The van der Waals surface area contributed by atoms with E-state index in [-0.39, 0.29) is 5.43 Å². The van der Waals surface area contributed by atoms with Crippen molar-refractivity contribution in [2.75, 3.05) is 6.26 Å². The molecule has 4 rings (SSSR count). The summed E-state index contributed by atoms with van der Waals surface area (Å²) in [6.07, 6.45) is 4.04. The van der Waals surface area contributed by atoms with Crippen LogP contribution in [0.25, 0.3) is 10.9 Å². The summed E-state index contributed by atoms with van der Waals surface area (Å²) >= 11 is 0. The van der Waals surface area contributed by atoms with E-state index in [1.807, 2.05) is 48.5 Å². The Kier molecular flexibility index (Phi) is 5.75. The van der Waals surface area contributed by atoms with Crippen LogP contribution in [0.2, 0.25) is 0 Å². The molecule has 0 aliphatic heterocycles. The molecule has 31 heavy (non-hydrogen) atoms. The van der Waals surface area contributed by atoms with Gasteiger partial charge in [-0.05, 0) is 41.5 Å². The van der Waals surface area contributed by atoms with E-state index < -0.39 is 9.84 Å². The van der Waals surface area contributed by atoms with Crippen molar-refractivity contribution in [3.05, 3.63) is 111 Å². The lowest BCUT2D eigenvalue weighted by molar-refractivity contribution is 0.602. The minimum atomic E-state index is -3.20. The summed E-state index contributed by atoms with van der Waals surface area (Å²) in [5, 5.41) is 0.623. The lowest BCUT2D eigenvalue weighted by Gasteiger charge is -2.04. The maximum Gasteiger partial charge on any atom is 0.192 e. The molecule has 0 bridgehead atoms. The molecule has 0 fully saturated rings. The molecular formula is C26H21NO3S. The monoisotopic (exact) mass is 427 g/mol. The van der Waals surface area contributed by atoms with Crippen molar-refractivity contribution in [1.82, 2.24) is 4.98 Å². The molecule has 0 radical (unpaired) electrons. The molecule has 154 valence electrons. The SMILES string of the molecule is CS(=O)(=O)c1ccc(CC#Cc2ccc3[nH]cc(Cc4ccccc4)c(=O)c3c2)cc1. The third kappa shape index (κ3) is 4.93. The Balaban J connectivity index is 1.56. The molecule has 0 atom stereocenters. The molecule has 0 amide bonds. The Morgan fingerprint density at radius 1 is 0.903 bits per heavy atom. The second kappa shape index (κ2) is 8.63. The van der Waals surface area contributed by atoms with Gasteiger partial charge in [-0.15, -0.1) is 0 Å². The molecule has 4 nitrogen and oxygen atoms in total.